The highest BCUT2D eigenvalue weighted by Gasteiger charge is 2.34. The molecule has 1 atom stereocenters. The van der Waals surface area contributed by atoms with Crippen LogP contribution in [0.25, 0.3) is 0 Å². The normalized spacial score (nSPS) is 18.2. The van der Waals surface area contributed by atoms with Gasteiger partial charge in [-0.15, -0.1) is 0 Å². The number of anilines is 1. The molecule has 1 aliphatic heterocycles. The van der Waals surface area contributed by atoms with Gasteiger partial charge in [0.25, 0.3) is 0 Å². The van der Waals surface area contributed by atoms with Crippen molar-refractivity contribution in [1.82, 2.24) is 5.32 Å². The molecule has 1 saturated heterocycles. The van der Waals surface area contributed by atoms with Crippen molar-refractivity contribution < 1.29 is 19.4 Å². The van der Waals surface area contributed by atoms with Crippen molar-refractivity contribution >= 4 is 17.6 Å². The van der Waals surface area contributed by atoms with E-state index in [0.717, 1.165) is 12.8 Å². The lowest BCUT2D eigenvalue weighted by Crippen LogP contribution is -2.51. The first-order valence-corrected chi connectivity index (χ1v) is 8.44. The van der Waals surface area contributed by atoms with Crippen LogP contribution in [0.4, 0.5) is 10.5 Å². The highest BCUT2D eigenvalue weighted by Crippen LogP contribution is 2.41. The molecule has 7 nitrogen and oxygen atoms in total. The number of methoxy groups -OCH3 is 1. The van der Waals surface area contributed by atoms with E-state index in [0.29, 0.717) is 30.0 Å². The standard InChI is InChI=1S/C18H27N3O4/c1-18(2,3)11-9-15(25-4)13(10-14(11)22)21(17(19)24)12-7-5-6-8-20-16(12)23/h9-10,12,22H,5-8H2,1-4H3,(H2,19,24)(H,20,23)/t12-/m0/s1. The average molecular weight is 349 g/mol. The van der Waals surface area contributed by atoms with Crippen LogP contribution in [0.5, 0.6) is 11.5 Å². The third-order valence-electron chi connectivity index (χ3n) is 4.42. The number of phenolic OH excluding ortho intramolecular Hbond substituents is 1. The van der Waals surface area contributed by atoms with Gasteiger partial charge in [0.1, 0.15) is 17.5 Å². The van der Waals surface area contributed by atoms with Gasteiger partial charge < -0.3 is 20.9 Å². The summed E-state index contributed by atoms with van der Waals surface area (Å²) in [5.41, 5.74) is 6.24. The van der Waals surface area contributed by atoms with Gasteiger partial charge in [0.05, 0.1) is 12.8 Å². The summed E-state index contributed by atoms with van der Waals surface area (Å²) in [4.78, 5) is 25.7. The molecule has 0 unspecified atom stereocenters. The lowest BCUT2D eigenvalue weighted by atomic mass is 9.86. The van der Waals surface area contributed by atoms with Crippen molar-refractivity contribution in [3.8, 4) is 11.5 Å². The number of carbonyl (C=O) groups is 2. The van der Waals surface area contributed by atoms with E-state index in [1.54, 1.807) is 6.07 Å². The number of nitrogens with zero attached hydrogens (tertiary/aromatic N) is 1. The molecule has 0 bridgehead atoms. The number of benzene rings is 1. The second-order valence-corrected chi connectivity index (χ2v) is 7.30. The highest BCUT2D eigenvalue weighted by molar-refractivity contribution is 6.00. The number of phenols is 1. The lowest BCUT2D eigenvalue weighted by Gasteiger charge is -2.31. The third kappa shape index (κ3) is 3.97. The largest absolute Gasteiger partial charge is 0.508 e. The molecule has 0 saturated carbocycles. The number of amides is 3. The SMILES string of the molecule is COc1cc(C(C)(C)C)c(O)cc1N(C(N)=O)[C@H]1CCCCNC1=O. The molecular weight excluding hydrogens is 322 g/mol. The van der Waals surface area contributed by atoms with E-state index < -0.39 is 12.1 Å². The predicted molar refractivity (Wildman–Crippen MR) is 96.1 cm³/mol. The molecule has 2 rings (SSSR count). The van der Waals surface area contributed by atoms with Crippen LogP contribution in [-0.2, 0) is 10.2 Å². The molecular formula is C18H27N3O4. The second-order valence-electron chi connectivity index (χ2n) is 7.30. The molecule has 7 heteroatoms. The van der Waals surface area contributed by atoms with E-state index >= 15 is 0 Å². The number of urea groups is 1. The van der Waals surface area contributed by atoms with Gasteiger partial charge in [-0.1, -0.05) is 20.8 Å². The van der Waals surface area contributed by atoms with E-state index in [9.17, 15) is 14.7 Å². The topological polar surface area (TPSA) is 105 Å². The average Bonchev–Trinajstić information content (AvgIpc) is 2.71. The molecule has 0 aromatic heterocycles. The second kappa shape index (κ2) is 7.21. The molecule has 0 spiro atoms. The number of nitrogens with one attached hydrogen (secondary N) is 1. The van der Waals surface area contributed by atoms with Crippen LogP contribution in [0, 0.1) is 0 Å². The van der Waals surface area contributed by atoms with Gasteiger partial charge in [-0.3, -0.25) is 9.69 Å². The van der Waals surface area contributed by atoms with Gasteiger partial charge in [0.15, 0.2) is 0 Å². The minimum Gasteiger partial charge on any atom is -0.508 e. The molecule has 1 heterocycles. The molecule has 1 aromatic carbocycles. The molecule has 25 heavy (non-hydrogen) atoms. The maximum absolute atomic E-state index is 12.4. The minimum atomic E-state index is -0.761. The van der Waals surface area contributed by atoms with Crippen molar-refractivity contribution in [2.45, 2.75) is 51.5 Å². The summed E-state index contributed by atoms with van der Waals surface area (Å²) in [7, 11) is 1.48. The number of hydrogen-bond donors (Lipinski definition) is 3. The fourth-order valence-electron chi connectivity index (χ4n) is 3.12. The highest BCUT2D eigenvalue weighted by atomic mass is 16.5. The molecule has 1 aromatic rings. The van der Waals surface area contributed by atoms with Crippen molar-refractivity contribution in [2.24, 2.45) is 5.73 Å². The smallest absolute Gasteiger partial charge is 0.320 e. The van der Waals surface area contributed by atoms with Crippen LogP contribution in [0.15, 0.2) is 12.1 Å². The van der Waals surface area contributed by atoms with Gasteiger partial charge in [0, 0.05) is 18.2 Å². The quantitative estimate of drug-likeness (QED) is 0.778. The number of hydrogen-bond acceptors (Lipinski definition) is 4. The summed E-state index contributed by atoms with van der Waals surface area (Å²) < 4.78 is 5.43. The molecule has 0 aliphatic carbocycles. The zero-order chi connectivity index (χ0) is 18.8. The molecule has 1 aliphatic rings. The van der Waals surface area contributed by atoms with E-state index in [2.05, 4.69) is 5.32 Å². The van der Waals surface area contributed by atoms with Gasteiger partial charge >= 0.3 is 6.03 Å². The van der Waals surface area contributed by atoms with Crippen LogP contribution in [0.1, 0.15) is 45.6 Å². The first-order chi connectivity index (χ1) is 11.7. The van der Waals surface area contributed by atoms with Crippen LogP contribution in [-0.4, -0.2) is 36.7 Å². The maximum atomic E-state index is 12.4. The minimum absolute atomic E-state index is 0.0311. The Morgan fingerprint density at radius 3 is 2.60 bits per heavy atom. The van der Waals surface area contributed by atoms with Crippen LogP contribution in [0.3, 0.4) is 0 Å². The summed E-state index contributed by atoms with van der Waals surface area (Å²) >= 11 is 0. The Hall–Kier alpha value is -2.44. The van der Waals surface area contributed by atoms with Crippen molar-refractivity contribution in [3.05, 3.63) is 17.7 Å². The zero-order valence-corrected chi connectivity index (χ0v) is 15.3. The number of carbonyl (C=O) groups excluding carboxylic acids is 2. The van der Waals surface area contributed by atoms with Gasteiger partial charge in [-0.05, 0) is 30.7 Å². The Morgan fingerprint density at radius 2 is 2.04 bits per heavy atom. The van der Waals surface area contributed by atoms with Crippen LogP contribution in [0.2, 0.25) is 0 Å². The van der Waals surface area contributed by atoms with E-state index in [-0.39, 0.29) is 17.1 Å². The van der Waals surface area contributed by atoms with Gasteiger partial charge in [-0.2, -0.15) is 0 Å². The van der Waals surface area contributed by atoms with Crippen molar-refractivity contribution in [1.29, 1.82) is 0 Å². The number of nitrogens with two attached hydrogens (primary N) is 1. The summed E-state index contributed by atoms with van der Waals surface area (Å²) in [6.07, 6.45) is 2.14. The Kier molecular flexibility index (Phi) is 5.45. The lowest BCUT2D eigenvalue weighted by molar-refractivity contribution is -0.122. The fourth-order valence-corrected chi connectivity index (χ4v) is 3.12. The van der Waals surface area contributed by atoms with Gasteiger partial charge in [0.2, 0.25) is 5.91 Å². The van der Waals surface area contributed by atoms with Crippen LogP contribution >= 0.6 is 0 Å². The zero-order valence-electron chi connectivity index (χ0n) is 15.3. The van der Waals surface area contributed by atoms with Crippen molar-refractivity contribution in [3.63, 3.8) is 0 Å². The molecule has 4 N–H and O–H groups in total. The number of primary amides is 1. The van der Waals surface area contributed by atoms with E-state index in [1.807, 2.05) is 20.8 Å². The fraction of sp³-hybridized carbons (Fsp3) is 0.556. The molecule has 3 amide bonds. The predicted octanol–water partition coefficient (Wildman–Crippen LogP) is 2.25. The monoisotopic (exact) mass is 349 g/mol. The summed E-state index contributed by atoms with van der Waals surface area (Å²) in [5, 5.41) is 13.3. The Bertz CT molecular complexity index is 667. The maximum Gasteiger partial charge on any atom is 0.320 e. The number of aromatic hydroxyl groups is 1. The Balaban J connectivity index is 2.56. The van der Waals surface area contributed by atoms with E-state index in [4.69, 9.17) is 10.5 Å². The summed E-state index contributed by atoms with van der Waals surface area (Å²) in [6.45, 7) is 6.47. The Morgan fingerprint density at radius 1 is 1.36 bits per heavy atom. The first kappa shape index (κ1) is 18.9. The summed E-state index contributed by atoms with van der Waals surface area (Å²) in [6, 6.07) is 1.65. The summed E-state index contributed by atoms with van der Waals surface area (Å²) in [5.74, 6) is 0.167. The van der Waals surface area contributed by atoms with Crippen molar-refractivity contribution in [2.75, 3.05) is 18.6 Å². The number of ether oxygens (including phenoxy) is 1. The Labute approximate surface area is 148 Å². The first-order valence-electron chi connectivity index (χ1n) is 8.44. The third-order valence-corrected chi connectivity index (χ3v) is 4.42. The van der Waals surface area contributed by atoms with E-state index in [1.165, 1.54) is 18.1 Å². The van der Waals surface area contributed by atoms with Gasteiger partial charge in [-0.25, -0.2) is 4.79 Å². The molecule has 0 radical (unpaired) electrons. The van der Waals surface area contributed by atoms with Crippen LogP contribution < -0.4 is 20.7 Å². The number of rotatable bonds is 3. The molecule has 1 fully saturated rings. The molecule has 138 valence electrons.